The molecule has 5 heteroatoms. The number of hydrogen-bond donors (Lipinski definition) is 1. The molecular formula is C13H16BrN3O. The van der Waals surface area contributed by atoms with Crippen molar-refractivity contribution < 1.29 is 4.74 Å². The standard InChI is InChI=1S/C13H16BrN3O/c1-2-17-9-12(8-16-17)18-11-4-3-10(5-6-15)13(14)7-11/h3-4,7-9H,2,5-6,15H2,1H3. The van der Waals surface area contributed by atoms with Crippen molar-refractivity contribution in [3.05, 3.63) is 40.6 Å². The van der Waals surface area contributed by atoms with Crippen LogP contribution in [0.5, 0.6) is 11.5 Å². The molecule has 1 heterocycles. The van der Waals surface area contributed by atoms with E-state index >= 15 is 0 Å². The number of aromatic nitrogens is 2. The minimum absolute atomic E-state index is 0.641. The molecule has 0 aliphatic carbocycles. The average molecular weight is 310 g/mol. The molecule has 0 aliphatic heterocycles. The zero-order valence-corrected chi connectivity index (χ0v) is 11.9. The van der Waals surface area contributed by atoms with E-state index in [0.29, 0.717) is 6.54 Å². The van der Waals surface area contributed by atoms with Crippen LogP contribution in [0.3, 0.4) is 0 Å². The van der Waals surface area contributed by atoms with E-state index in [1.807, 2.05) is 36.0 Å². The van der Waals surface area contributed by atoms with Gasteiger partial charge in [-0.15, -0.1) is 0 Å². The number of nitrogens with two attached hydrogens (primary N) is 1. The van der Waals surface area contributed by atoms with Gasteiger partial charge in [-0.2, -0.15) is 5.10 Å². The van der Waals surface area contributed by atoms with Crippen LogP contribution in [0, 0.1) is 0 Å². The first-order valence-electron chi connectivity index (χ1n) is 5.91. The minimum atomic E-state index is 0.641. The second-order valence-corrected chi connectivity index (χ2v) is 4.78. The summed E-state index contributed by atoms with van der Waals surface area (Å²) in [5.41, 5.74) is 6.73. The lowest BCUT2D eigenvalue weighted by Crippen LogP contribution is -2.03. The molecule has 18 heavy (non-hydrogen) atoms. The first-order chi connectivity index (χ1) is 8.72. The SMILES string of the molecule is CCn1cc(Oc2ccc(CCN)c(Br)c2)cn1. The largest absolute Gasteiger partial charge is 0.454 e. The van der Waals surface area contributed by atoms with Crippen molar-refractivity contribution in [3.63, 3.8) is 0 Å². The third-order valence-corrected chi connectivity index (χ3v) is 3.35. The third kappa shape index (κ3) is 3.11. The van der Waals surface area contributed by atoms with E-state index in [-0.39, 0.29) is 0 Å². The van der Waals surface area contributed by atoms with Crippen LogP contribution < -0.4 is 10.5 Å². The highest BCUT2D eigenvalue weighted by Gasteiger charge is 2.04. The maximum atomic E-state index is 5.73. The molecule has 96 valence electrons. The number of nitrogens with zero attached hydrogens (tertiary/aromatic N) is 2. The molecule has 0 unspecified atom stereocenters. The molecule has 2 aromatic rings. The second kappa shape index (κ2) is 6.02. The van der Waals surface area contributed by atoms with Crippen LogP contribution in [-0.2, 0) is 13.0 Å². The van der Waals surface area contributed by atoms with Crippen molar-refractivity contribution in [2.75, 3.05) is 6.54 Å². The molecule has 0 bridgehead atoms. The molecule has 0 saturated heterocycles. The Hall–Kier alpha value is -1.33. The summed E-state index contributed by atoms with van der Waals surface area (Å²) in [5.74, 6) is 1.54. The first kappa shape index (κ1) is 13.1. The lowest BCUT2D eigenvalue weighted by molar-refractivity contribution is 0.480. The highest BCUT2D eigenvalue weighted by atomic mass is 79.9. The summed E-state index contributed by atoms with van der Waals surface area (Å²) >= 11 is 3.52. The van der Waals surface area contributed by atoms with Crippen molar-refractivity contribution in [3.8, 4) is 11.5 Å². The predicted molar refractivity (Wildman–Crippen MR) is 74.9 cm³/mol. The van der Waals surface area contributed by atoms with Crippen LogP contribution in [-0.4, -0.2) is 16.3 Å². The Bertz CT molecular complexity index is 525. The van der Waals surface area contributed by atoms with Gasteiger partial charge in [-0.3, -0.25) is 4.68 Å². The highest BCUT2D eigenvalue weighted by molar-refractivity contribution is 9.10. The van der Waals surface area contributed by atoms with Crippen LogP contribution in [0.15, 0.2) is 35.1 Å². The minimum Gasteiger partial charge on any atom is -0.454 e. The topological polar surface area (TPSA) is 53.1 Å². The fourth-order valence-electron chi connectivity index (χ4n) is 1.66. The van der Waals surface area contributed by atoms with Crippen molar-refractivity contribution >= 4 is 15.9 Å². The van der Waals surface area contributed by atoms with Gasteiger partial charge in [0.15, 0.2) is 5.75 Å². The van der Waals surface area contributed by atoms with Crippen LogP contribution in [0.1, 0.15) is 12.5 Å². The molecule has 0 atom stereocenters. The zero-order chi connectivity index (χ0) is 13.0. The number of ether oxygens (including phenoxy) is 1. The van der Waals surface area contributed by atoms with E-state index in [1.54, 1.807) is 6.20 Å². The Kier molecular flexibility index (Phi) is 4.38. The van der Waals surface area contributed by atoms with Gasteiger partial charge in [-0.1, -0.05) is 22.0 Å². The second-order valence-electron chi connectivity index (χ2n) is 3.93. The highest BCUT2D eigenvalue weighted by Crippen LogP contribution is 2.27. The summed E-state index contributed by atoms with van der Waals surface area (Å²) in [6.07, 6.45) is 4.45. The van der Waals surface area contributed by atoms with Crippen molar-refractivity contribution in [1.82, 2.24) is 9.78 Å². The quantitative estimate of drug-likeness (QED) is 0.924. The lowest BCUT2D eigenvalue weighted by atomic mass is 10.1. The molecule has 0 spiro atoms. The van der Waals surface area contributed by atoms with Gasteiger partial charge >= 0.3 is 0 Å². The molecule has 0 saturated carbocycles. The van der Waals surface area contributed by atoms with E-state index < -0.39 is 0 Å². The van der Waals surface area contributed by atoms with Crippen LogP contribution in [0.4, 0.5) is 0 Å². The van der Waals surface area contributed by atoms with Gasteiger partial charge in [0.05, 0.1) is 12.4 Å². The number of aryl methyl sites for hydroxylation is 1. The maximum absolute atomic E-state index is 5.73. The van der Waals surface area contributed by atoms with E-state index in [1.165, 1.54) is 5.56 Å². The van der Waals surface area contributed by atoms with Gasteiger partial charge in [0.25, 0.3) is 0 Å². The number of halogens is 1. The maximum Gasteiger partial charge on any atom is 0.165 e. The molecule has 4 nitrogen and oxygen atoms in total. The van der Waals surface area contributed by atoms with E-state index in [9.17, 15) is 0 Å². The van der Waals surface area contributed by atoms with Gasteiger partial charge < -0.3 is 10.5 Å². The molecular weight excluding hydrogens is 294 g/mol. The number of benzene rings is 1. The van der Waals surface area contributed by atoms with Crippen LogP contribution >= 0.6 is 15.9 Å². The van der Waals surface area contributed by atoms with Gasteiger partial charge in [-0.05, 0) is 37.6 Å². The number of rotatable bonds is 5. The summed E-state index contributed by atoms with van der Waals surface area (Å²) < 4.78 is 8.58. The fraction of sp³-hybridized carbons (Fsp3) is 0.308. The zero-order valence-electron chi connectivity index (χ0n) is 10.3. The molecule has 2 N–H and O–H groups in total. The summed E-state index contributed by atoms with van der Waals surface area (Å²) in [6.45, 7) is 3.51. The summed E-state index contributed by atoms with van der Waals surface area (Å²) in [7, 11) is 0. The molecule has 0 fully saturated rings. The van der Waals surface area contributed by atoms with Crippen molar-refractivity contribution in [2.45, 2.75) is 19.9 Å². The van der Waals surface area contributed by atoms with E-state index in [4.69, 9.17) is 10.5 Å². The first-order valence-corrected chi connectivity index (χ1v) is 6.71. The third-order valence-electron chi connectivity index (χ3n) is 2.61. The Morgan fingerprint density at radius 2 is 2.22 bits per heavy atom. The van der Waals surface area contributed by atoms with Crippen molar-refractivity contribution in [2.24, 2.45) is 5.73 Å². The Labute approximate surface area is 115 Å². The van der Waals surface area contributed by atoms with Gasteiger partial charge in [0.2, 0.25) is 0 Å². The fourth-order valence-corrected chi connectivity index (χ4v) is 2.21. The Balaban J connectivity index is 2.12. The smallest absolute Gasteiger partial charge is 0.165 e. The van der Waals surface area contributed by atoms with E-state index in [2.05, 4.69) is 21.0 Å². The molecule has 1 aromatic heterocycles. The summed E-state index contributed by atoms with van der Waals surface area (Å²) in [5, 5.41) is 4.16. The van der Waals surface area contributed by atoms with E-state index in [0.717, 1.165) is 28.9 Å². The lowest BCUT2D eigenvalue weighted by Gasteiger charge is -2.07. The molecule has 0 radical (unpaired) electrons. The Morgan fingerprint density at radius 3 is 2.83 bits per heavy atom. The normalized spacial score (nSPS) is 10.6. The van der Waals surface area contributed by atoms with Crippen molar-refractivity contribution in [1.29, 1.82) is 0 Å². The van der Waals surface area contributed by atoms with Gasteiger partial charge in [-0.25, -0.2) is 0 Å². The summed E-state index contributed by atoms with van der Waals surface area (Å²) in [4.78, 5) is 0. The molecule has 1 aromatic carbocycles. The predicted octanol–water partition coefficient (Wildman–Crippen LogP) is 2.96. The summed E-state index contributed by atoms with van der Waals surface area (Å²) in [6, 6.07) is 5.92. The monoisotopic (exact) mass is 309 g/mol. The molecule has 0 aliphatic rings. The van der Waals surface area contributed by atoms with Gasteiger partial charge in [0, 0.05) is 11.0 Å². The number of hydrogen-bond acceptors (Lipinski definition) is 3. The Morgan fingerprint density at radius 1 is 1.39 bits per heavy atom. The van der Waals surface area contributed by atoms with Crippen LogP contribution in [0.25, 0.3) is 0 Å². The van der Waals surface area contributed by atoms with Gasteiger partial charge in [0.1, 0.15) is 5.75 Å². The van der Waals surface area contributed by atoms with Crippen LogP contribution in [0.2, 0.25) is 0 Å². The molecule has 0 amide bonds. The average Bonchev–Trinajstić information content (AvgIpc) is 2.80. The molecule has 2 rings (SSSR count).